The van der Waals surface area contributed by atoms with Gasteiger partial charge in [0, 0.05) is 55.2 Å². The van der Waals surface area contributed by atoms with Crippen LogP contribution >= 0.6 is 12.0 Å². The van der Waals surface area contributed by atoms with Crippen LogP contribution in [0.1, 0.15) is 17.0 Å². The zero-order chi connectivity index (χ0) is 46.5. The number of nitrogens with zero attached hydrogens (tertiary/aromatic N) is 7. The van der Waals surface area contributed by atoms with Gasteiger partial charge in [-0.05, 0) is 35.4 Å². The van der Waals surface area contributed by atoms with E-state index in [9.17, 15) is 39.8 Å². The molecule has 0 radical (unpaired) electrons. The van der Waals surface area contributed by atoms with Gasteiger partial charge in [0.1, 0.15) is 35.0 Å². The second-order valence-corrected chi connectivity index (χ2v) is 16.7. The summed E-state index contributed by atoms with van der Waals surface area (Å²) in [7, 11) is -9.89. The molecule has 1 unspecified atom stereocenters. The summed E-state index contributed by atoms with van der Waals surface area (Å²) in [5, 5.41) is 53.7. The Bertz CT molecular complexity index is 2380. The van der Waals surface area contributed by atoms with Crippen molar-refractivity contribution in [1.82, 2.24) is 35.2 Å². The fourth-order valence-corrected chi connectivity index (χ4v) is 7.22. The maximum Gasteiger partial charge on any atom is 0.295 e. The minimum absolute atomic E-state index is 0.00511. The number of hydrogen-bond acceptors (Lipinski definition) is 26. The molecular formula is C32H44N12O16S4. The Labute approximate surface area is 371 Å². The molecule has 4 rings (SSSR count). The van der Waals surface area contributed by atoms with E-state index < -0.39 is 60.5 Å². The van der Waals surface area contributed by atoms with Crippen LogP contribution in [0.15, 0.2) is 46.2 Å². The highest BCUT2D eigenvalue weighted by Gasteiger charge is 2.20. The quantitative estimate of drug-likeness (QED) is 0.00482. The van der Waals surface area contributed by atoms with Gasteiger partial charge in [-0.25, -0.2) is 9.47 Å². The first-order valence-corrected chi connectivity index (χ1v) is 23.2. The molecule has 64 heavy (non-hydrogen) atoms. The third-order valence-corrected chi connectivity index (χ3v) is 10.6. The van der Waals surface area contributed by atoms with Crippen molar-refractivity contribution in [3.05, 3.63) is 53.3 Å². The first-order chi connectivity index (χ1) is 30.6. The van der Waals surface area contributed by atoms with Crippen LogP contribution < -0.4 is 31.5 Å². The van der Waals surface area contributed by atoms with Gasteiger partial charge in [0.25, 0.3) is 20.2 Å². The number of ether oxygens (including phenoxy) is 2. The molecule has 0 saturated heterocycles. The van der Waals surface area contributed by atoms with Crippen LogP contribution in [-0.2, 0) is 56.6 Å². The molecule has 0 aliphatic carbocycles. The summed E-state index contributed by atoms with van der Waals surface area (Å²) in [6.07, 6.45) is 2.61. The number of aromatic nitrogens is 6. The highest BCUT2D eigenvalue weighted by molar-refractivity contribution is 7.94. The van der Waals surface area contributed by atoms with Gasteiger partial charge in [-0.1, -0.05) is 29.3 Å². The summed E-state index contributed by atoms with van der Waals surface area (Å²) in [6, 6.07) is 7.41. The standard InChI is InChI=1S/C32H44N12O16S4/c45-11-13-57-12-9-34-29-41-31(43-32(42-29)44(18-46)19-62(49)50)37-24-6-4-22(26(16-24)64(54,55)56)2-1-21-3-5-23(15-25(21)63(51,52)53)36-30-39-27(7-8-33-17-58-20-47)38-28(40-30)35-10-14-61-60-59-48/h1-6,15-16,33,45-48H,7-14,17-20H2,(H,49,50)(H,51,52,53)(H,54,55,56)(H2,34,37,41,42,43)(H2,35,36,38,39,40). The molecule has 2 aromatic heterocycles. The molecule has 2 aromatic carbocycles. The summed E-state index contributed by atoms with van der Waals surface area (Å²) in [6.45, 7) is -0.493. The molecule has 32 heteroatoms. The normalized spacial score (nSPS) is 12.4. The molecule has 352 valence electrons. The first kappa shape index (κ1) is 51.8. The molecule has 12 N–H and O–H groups in total. The number of aliphatic hydroxyl groups excluding tert-OH is 3. The smallest absolute Gasteiger partial charge is 0.295 e. The van der Waals surface area contributed by atoms with Crippen LogP contribution in [0.25, 0.3) is 12.2 Å². The van der Waals surface area contributed by atoms with Crippen LogP contribution in [0.5, 0.6) is 0 Å². The topological polar surface area (TPSA) is 405 Å². The van der Waals surface area contributed by atoms with E-state index in [4.69, 9.17) is 24.9 Å². The van der Waals surface area contributed by atoms with Gasteiger partial charge in [0.05, 0.1) is 26.6 Å². The van der Waals surface area contributed by atoms with E-state index >= 15 is 0 Å². The summed E-state index contributed by atoms with van der Waals surface area (Å²) in [5.41, 5.74) is -0.124. The van der Waals surface area contributed by atoms with Crippen molar-refractivity contribution in [1.29, 1.82) is 0 Å². The number of anilines is 7. The predicted octanol–water partition coefficient (Wildman–Crippen LogP) is 0.101. The van der Waals surface area contributed by atoms with E-state index in [2.05, 4.69) is 65.9 Å². The Kier molecular flexibility index (Phi) is 21.2. The second kappa shape index (κ2) is 26.2. The van der Waals surface area contributed by atoms with Gasteiger partial charge in [-0.15, -0.1) is 4.33 Å². The second-order valence-electron chi connectivity index (χ2n) is 12.2. The van der Waals surface area contributed by atoms with E-state index in [0.29, 0.717) is 6.54 Å². The lowest BCUT2D eigenvalue weighted by molar-refractivity contribution is -0.432. The van der Waals surface area contributed by atoms with Gasteiger partial charge < -0.3 is 55.5 Å². The molecule has 0 bridgehead atoms. The van der Waals surface area contributed by atoms with Crippen molar-refractivity contribution in [2.24, 2.45) is 0 Å². The molecule has 1 atom stereocenters. The van der Waals surface area contributed by atoms with E-state index in [1.807, 2.05) is 0 Å². The van der Waals surface area contributed by atoms with E-state index in [0.717, 1.165) is 29.1 Å². The van der Waals surface area contributed by atoms with Crippen molar-refractivity contribution >= 4 is 96.6 Å². The highest BCUT2D eigenvalue weighted by Crippen LogP contribution is 2.28. The molecular weight excluding hydrogens is 937 g/mol. The third kappa shape index (κ3) is 17.6. The summed E-state index contributed by atoms with van der Waals surface area (Å²) in [4.78, 5) is 25.1. The molecule has 0 aliphatic rings. The number of nitrogens with one attached hydrogen (secondary N) is 5. The monoisotopic (exact) mass is 980 g/mol. The molecule has 0 saturated carbocycles. The summed E-state index contributed by atoms with van der Waals surface area (Å²) < 4.78 is 106. The lowest BCUT2D eigenvalue weighted by Crippen LogP contribution is -2.30. The van der Waals surface area contributed by atoms with Crippen LogP contribution in [0.3, 0.4) is 0 Å². The van der Waals surface area contributed by atoms with Crippen LogP contribution in [-0.4, -0.2) is 157 Å². The van der Waals surface area contributed by atoms with E-state index in [1.54, 1.807) is 0 Å². The lowest BCUT2D eigenvalue weighted by atomic mass is 10.1. The van der Waals surface area contributed by atoms with E-state index in [-0.39, 0.29) is 110 Å². The van der Waals surface area contributed by atoms with Gasteiger partial charge in [0.2, 0.25) is 29.7 Å². The van der Waals surface area contributed by atoms with Gasteiger partial charge in [0.15, 0.2) is 11.1 Å². The fraction of sp³-hybridized carbons (Fsp3) is 0.375. The zero-order valence-corrected chi connectivity index (χ0v) is 36.4. The first-order valence-electron chi connectivity index (χ1n) is 18.2. The van der Waals surface area contributed by atoms with Gasteiger partial charge >= 0.3 is 0 Å². The van der Waals surface area contributed by atoms with Crippen LogP contribution in [0.4, 0.5) is 41.1 Å². The van der Waals surface area contributed by atoms with Crippen LogP contribution in [0.2, 0.25) is 0 Å². The number of hydrogen-bond donors (Lipinski definition) is 12. The summed E-state index contributed by atoms with van der Waals surface area (Å²) in [5.74, 6) is -0.517. The predicted molar refractivity (Wildman–Crippen MR) is 230 cm³/mol. The third-order valence-electron chi connectivity index (χ3n) is 7.70. The molecule has 2 heterocycles. The Morgan fingerprint density at radius 3 is 1.89 bits per heavy atom. The Morgan fingerprint density at radius 1 is 0.750 bits per heavy atom. The highest BCUT2D eigenvalue weighted by atomic mass is 32.2. The van der Waals surface area contributed by atoms with Crippen molar-refractivity contribution in [2.45, 2.75) is 16.2 Å². The lowest BCUT2D eigenvalue weighted by Gasteiger charge is -2.19. The molecule has 0 spiro atoms. The van der Waals surface area contributed by atoms with E-state index in [1.165, 1.54) is 36.4 Å². The number of rotatable bonds is 30. The largest absolute Gasteiger partial charge is 0.394 e. The minimum atomic E-state index is -4.96. The van der Waals surface area contributed by atoms with Crippen LogP contribution in [0, 0.1) is 0 Å². The van der Waals surface area contributed by atoms with Crippen molar-refractivity contribution in [3.8, 4) is 0 Å². The maximum absolute atomic E-state index is 12.6. The van der Waals surface area contributed by atoms with Crippen molar-refractivity contribution < 1.29 is 74.1 Å². The minimum Gasteiger partial charge on any atom is -0.394 e. The average Bonchev–Trinajstić information content (AvgIpc) is 3.24. The van der Waals surface area contributed by atoms with Gasteiger partial charge in [-0.2, -0.15) is 46.7 Å². The summed E-state index contributed by atoms with van der Waals surface area (Å²) >= 11 is -1.62. The van der Waals surface area contributed by atoms with Gasteiger partial charge in [-0.3, -0.25) is 14.4 Å². The zero-order valence-electron chi connectivity index (χ0n) is 33.2. The average molecular weight is 981 g/mol. The Balaban J connectivity index is 1.62. The molecule has 4 aromatic rings. The van der Waals surface area contributed by atoms with Crippen molar-refractivity contribution in [3.63, 3.8) is 0 Å². The number of aliphatic hydroxyl groups is 3. The molecule has 0 aliphatic heterocycles. The Morgan fingerprint density at radius 2 is 1.33 bits per heavy atom. The Hall–Kier alpha value is -4.88. The maximum atomic E-state index is 12.6. The molecule has 0 amide bonds. The molecule has 28 nitrogen and oxygen atoms in total. The fourth-order valence-electron chi connectivity index (χ4n) is 5.04. The number of benzene rings is 2. The SMILES string of the molecule is O=S(O)CN(CO)c1nc(NCCOCCO)nc(Nc2ccc(C=Cc3ccc(Nc4nc(CCNCOCO)nc(NCCSOOO)n4)cc3S(=O)(=O)O)c(S(=O)(=O)O)c2)n1. The molecule has 0 fully saturated rings. The van der Waals surface area contributed by atoms with Crippen molar-refractivity contribution in [2.75, 3.05) is 97.5 Å².